The SMILES string of the molecule is Ic1cc(I)c(OCCOCC2CO2)c(C(c2cccc(-c3ccc(OCCOCC4CO4)cc3)c2)c2cc(-c3ccc(OCCOCC4CO4)cc3)ccc2OCCOCC2CO2)c1. The van der Waals surface area contributed by atoms with Crippen LogP contribution in [-0.2, 0) is 37.9 Å². The number of ether oxygens (including phenoxy) is 12. The smallest absolute Gasteiger partial charge is 0.136 e. The topological polar surface area (TPSA) is 124 Å². The molecule has 4 aliphatic rings. The minimum atomic E-state index is -0.308. The molecular formula is C51H54I2O12. The van der Waals surface area contributed by atoms with E-state index in [-0.39, 0.29) is 30.3 Å². The van der Waals surface area contributed by atoms with Gasteiger partial charge in [-0.25, -0.2) is 0 Å². The van der Waals surface area contributed by atoms with E-state index >= 15 is 0 Å². The molecule has 0 saturated carbocycles. The van der Waals surface area contributed by atoms with E-state index in [1.807, 2.05) is 24.3 Å². The van der Waals surface area contributed by atoms with Crippen molar-refractivity contribution in [3.8, 4) is 45.3 Å². The number of epoxide rings is 4. The van der Waals surface area contributed by atoms with Gasteiger partial charge in [-0.3, -0.25) is 0 Å². The van der Waals surface area contributed by atoms with Gasteiger partial charge < -0.3 is 56.8 Å². The first-order valence-electron chi connectivity index (χ1n) is 22.2. The van der Waals surface area contributed by atoms with Crippen LogP contribution in [-0.4, -0.2) is 130 Å². The van der Waals surface area contributed by atoms with Crippen LogP contribution in [0.2, 0.25) is 0 Å². The Morgan fingerprint density at radius 3 is 1.42 bits per heavy atom. The first kappa shape index (κ1) is 46.5. The van der Waals surface area contributed by atoms with E-state index in [1.54, 1.807) is 0 Å². The molecule has 5 atom stereocenters. The first-order chi connectivity index (χ1) is 32.0. The molecule has 0 spiro atoms. The zero-order valence-electron chi connectivity index (χ0n) is 36.2. The molecule has 0 bridgehead atoms. The third-order valence-corrected chi connectivity index (χ3v) is 12.5. The molecule has 14 heteroatoms. The van der Waals surface area contributed by atoms with Crippen molar-refractivity contribution in [2.75, 3.05) is 106 Å². The second kappa shape index (κ2) is 23.4. The van der Waals surface area contributed by atoms with Gasteiger partial charge in [0.15, 0.2) is 0 Å². The monoisotopic (exact) mass is 1110 g/mol. The molecule has 344 valence electrons. The van der Waals surface area contributed by atoms with E-state index in [4.69, 9.17) is 56.8 Å². The summed E-state index contributed by atoms with van der Waals surface area (Å²) in [4.78, 5) is 0. The molecule has 5 unspecified atom stereocenters. The fraction of sp³-hybridized carbons (Fsp3) is 0.412. The van der Waals surface area contributed by atoms with Crippen LogP contribution in [0, 0.1) is 7.14 Å². The van der Waals surface area contributed by atoms with Crippen LogP contribution in [0.4, 0.5) is 0 Å². The molecule has 5 aromatic carbocycles. The average Bonchev–Trinajstić information content (AvgIpc) is 4.10. The maximum Gasteiger partial charge on any atom is 0.136 e. The molecule has 4 fully saturated rings. The Morgan fingerprint density at radius 1 is 0.446 bits per heavy atom. The van der Waals surface area contributed by atoms with E-state index in [0.29, 0.717) is 79.3 Å². The highest BCUT2D eigenvalue weighted by Crippen LogP contribution is 2.46. The van der Waals surface area contributed by atoms with E-state index in [0.717, 1.165) is 95.5 Å². The second-order valence-corrected chi connectivity index (χ2v) is 18.6. The molecule has 65 heavy (non-hydrogen) atoms. The fourth-order valence-electron chi connectivity index (χ4n) is 7.31. The Hall–Kier alpha value is -3.56. The largest absolute Gasteiger partial charge is 0.491 e. The van der Waals surface area contributed by atoms with Crippen molar-refractivity contribution in [2.45, 2.75) is 30.3 Å². The summed E-state index contributed by atoms with van der Waals surface area (Å²) in [5.74, 6) is 2.83. The average molecular weight is 1110 g/mol. The van der Waals surface area contributed by atoms with E-state index in [1.165, 1.54) is 0 Å². The number of hydrogen-bond acceptors (Lipinski definition) is 12. The maximum absolute atomic E-state index is 6.70. The summed E-state index contributed by atoms with van der Waals surface area (Å²) in [6.45, 7) is 8.99. The molecule has 0 radical (unpaired) electrons. The van der Waals surface area contributed by atoms with Gasteiger partial charge in [-0.1, -0.05) is 54.6 Å². The van der Waals surface area contributed by atoms with Crippen molar-refractivity contribution in [1.29, 1.82) is 0 Å². The van der Waals surface area contributed by atoms with Crippen LogP contribution < -0.4 is 18.9 Å². The van der Waals surface area contributed by atoms with Gasteiger partial charge in [0.05, 0.1) is 82.9 Å². The van der Waals surface area contributed by atoms with Crippen molar-refractivity contribution in [2.24, 2.45) is 0 Å². The van der Waals surface area contributed by atoms with Gasteiger partial charge in [-0.05, 0) is 122 Å². The van der Waals surface area contributed by atoms with Gasteiger partial charge >= 0.3 is 0 Å². The highest BCUT2D eigenvalue weighted by molar-refractivity contribution is 14.1. The summed E-state index contributed by atoms with van der Waals surface area (Å²) in [5, 5.41) is 0. The normalized spacial score (nSPS) is 19.7. The second-order valence-electron chi connectivity index (χ2n) is 16.2. The predicted octanol–water partition coefficient (Wildman–Crippen LogP) is 8.59. The van der Waals surface area contributed by atoms with Crippen LogP contribution >= 0.6 is 45.2 Å². The molecule has 5 aromatic rings. The third kappa shape index (κ3) is 14.5. The maximum atomic E-state index is 6.70. The van der Waals surface area contributed by atoms with E-state index in [2.05, 4.69) is 124 Å². The van der Waals surface area contributed by atoms with Crippen molar-refractivity contribution in [3.63, 3.8) is 0 Å². The summed E-state index contributed by atoms with van der Waals surface area (Å²) in [5.41, 5.74) is 7.31. The fourth-order valence-corrected chi connectivity index (χ4v) is 9.36. The third-order valence-electron chi connectivity index (χ3n) is 11.0. The summed E-state index contributed by atoms with van der Waals surface area (Å²) in [7, 11) is 0. The van der Waals surface area contributed by atoms with Crippen molar-refractivity contribution >= 4 is 45.2 Å². The van der Waals surface area contributed by atoms with Crippen LogP contribution in [0.15, 0.2) is 103 Å². The molecule has 0 amide bonds. The highest BCUT2D eigenvalue weighted by atomic mass is 127. The Labute approximate surface area is 407 Å². The standard InChI is InChI=1S/C51H54I2O12/c52-39-24-47(51(48(53)25-39)61-21-17-57-29-45-33-65-45)50(38-3-1-2-36(22-38)34-4-9-40(10-5-34)58-18-14-54-26-42-30-62-42)46-23-37(8-13-49(46)60-20-16-56-28-44-32-64-44)35-6-11-41(12-7-35)59-19-15-55-27-43-31-63-43/h1-13,22-25,42-45,50H,14-21,26-33H2. The molecule has 4 aliphatic heterocycles. The van der Waals surface area contributed by atoms with E-state index in [9.17, 15) is 0 Å². The summed E-state index contributed by atoms with van der Waals surface area (Å²) in [6, 6.07) is 36.0. The Bertz CT molecular complexity index is 2280. The number of hydrogen-bond donors (Lipinski definition) is 0. The van der Waals surface area contributed by atoms with Crippen molar-refractivity contribution in [1.82, 2.24) is 0 Å². The predicted molar refractivity (Wildman–Crippen MR) is 261 cm³/mol. The van der Waals surface area contributed by atoms with Crippen LogP contribution in [0.3, 0.4) is 0 Å². The lowest BCUT2D eigenvalue weighted by Crippen LogP contribution is -2.15. The summed E-state index contributed by atoms with van der Waals surface area (Å²) >= 11 is 4.80. The molecule has 12 nitrogen and oxygen atoms in total. The van der Waals surface area contributed by atoms with Crippen molar-refractivity contribution in [3.05, 3.63) is 127 Å². The number of rotatable bonds is 29. The first-order valence-corrected chi connectivity index (χ1v) is 24.4. The number of benzene rings is 5. The zero-order chi connectivity index (χ0) is 44.2. The van der Waals surface area contributed by atoms with Gasteiger partial charge in [0.1, 0.15) is 73.8 Å². The van der Waals surface area contributed by atoms with Crippen LogP contribution in [0.5, 0.6) is 23.0 Å². The molecule has 4 heterocycles. The molecule has 9 rings (SSSR count). The molecule has 0 aromatic heterocycles. The minimum absolute atomic E-state index is 0.179. The Morgan fingerprint density at radius 2 is 0.908 bits per heavy atom. The molecule has 0 N–H and O–H groups in total. The van der Waals surface area contributed by atoms with Crippen molar-refractivity contribution < 1.29 is 56.8 Å². The van der Waals surface area contributed by atoms with Gasteiger partial charge in [0.25, 0.3) is 0 Å². The van der Waals surface area contributed by atoms with Gasteiger partial charge in [-0.2, -0.15) is 0 Å². The summed E-state index contributed by atoms with van der Waals surface area (Å²) < 4.78 is 71.8. The van der Waals surface area contributed by atoms with Crippen LogP contribution in [0.25, 0.3) is 22.3 Å². The van der Waals surface area contributed by atoms with Crippen LogP contribution in [0.1, 0.15) is 22.6 Å². The number of halogens is 2. The molecular weight excluding hydrogens is 1060 g/mol. The van der Waals surface area contributed by atoms with Gasteiger partial charge in [-0.15, -0.1) is 0 Å². The Balaban J connectivity index is 1.03. The zero-order valence-corrected chi connectivity index (χ0v) is 40.5. The van der Waals surface area contributed by atoms with E-state index < -0.39 is 0 Å². The molecule has 0 aliphatic carbocycles. The lowest BCUT2D eigenvalue weighted by atomic mass is 9.82. The summed E-state index contributed by atoms with van der Waals surface area (Å²) in [6.07, 6.45) is 0.837. The van der Waals surface area contributed by atoms with Gasteiger partial charge in [0.2, 0.25) is 0 Å². The lowest BCUT2D eigenvalue weighted by molar-refractivity contribution is 0.0870. The minimum Gasteiger partial charge on any atom is -0.491 e. The molecule has 4 saturated heterocycles. The highest BCUT2D eigenvalue weighted by Gasteiger charge is 2.29. The van der Waals surface area contributed by atoms with Gasteiger partial charge in [0, 0.05) is 20.6 Å². The Kier molecular flexibility index (Phi) is 16.8. The quantitative estimate of drug-likeness (QED) is 0.0197. The lowest BCUT2D eigenvalue weighted by Gasteiger charge is -2.26.